The molecule has 0 bridgehead atoms. The zero-order chi connectivity index (χ0) is 11.5. The van der Waals surface area contributed by atoms with Crippen molar-refractivity contribution >= 4 is 16.8 Å². The minimum atomic E-state index is -0.364. The van der Waals surface area contributed by atoms with Crippen LogP contribution in [-0.2, 0) is 9.53 Å². The molecule has 16 heavy (non-hydrogen) atoms. The summed E-state index contributed by atoms with van der Waals surface area (Å²) in [5.74, 6) is -0.364. The lowest BCUT2D eigenvalue weighted by Crippen LogP contribution is -2.16. The van der Waals surface area contributed by atoms with Gasteiger partial charge in [0.05, 0.1) is 12.5 Å². The molecule has 0 fully saturated rings. The van der Waals surface area contributed by atoms with Gasteiger partial charge >= 0.3 is 0 Å². The highest BCUT2D eigenvalue weighted by Gasteiger charge is 2.17. The van der Waals surface area contributed by atoms with Crippen LogP contribution in [0, 0.1) is 0 Å². The monoisotopic (exact) mass is 218 g/mol. The molecule has 0 saturated carbocycles. The van der Waals surface area contributed by atoms with Crippen LogP contribution in [-0.4, -0.2) is 18.0 Å². The average molecular weight is 218 g/mol. The first-order valence-corrected chi connectivity index (χ1v) is 5.09. The summed E-state index contributed by atoms with van der Waals surface area (Å²) in [5, 5.41) is 1.07. The number of fused-ring (bicyclic) bond motifs is 1. The number of carbonyl (C=O) groups excluding carboxylic acids is 1. The Balaban J connectivity index is 2.41. The second kappa shape index (κ2) is 4.37. The Bertz CT molecular complexity index is 504. The third-order valence-corrected chi connectivity index (χ3v) is 2.64. The standard InChI is InChI=1S/C12H14N2O2/c1-16-11(6-12(13)15)9-7-14-10-5-3-2-4-8(9)10/h2-5,7,11,14H,6H2,1H3,(H2,13,15). The zero-order valence-electron chi connectivity index (χ0n) is 9.07. The molecule has 0 spiro atoms. The van der Waals surface area contributed by atoms with Crippen LogP contribution in [0.2, 0.25) is 0 Å². The van der Waals surface area contributed by atoms with Gasteiger partial charge in [0.2, 0.25) is 5.91 Å². The minimum absolute atomic E-state index is 0.193. The number of ether oxygens (including phenoxy) is 1. The molecular weight excluding hydrogens is 204 g/mol. The van der Waals surface area contributed by atoms with E-state index in [1.165, 1.54) is 0 Å². The van der Waals surface area contributed by atoms with Crippen molar-refractivity contribution in [1.82, 2.24) is 4.98 Å². The number of carbonyl (C=O) groups is 1. The molecule has 2 rings (SSSR count). The van der Waals surface area contributed by atoms with Crippen molar-refractivity contribution in [2.75, 3.05) is 7.11 Å². The Morgan fingerprint density at radius 1 is 1.50 bits per heavy atom. The highest BCUT2D eigenvalue weighted by atomic mass is 16.5. The first kappa shape index (κ1) is 10.7. The molecule has 0 saturated heterocycles. The van der Waals surface area contributed by atoms with E-state index in [0.29, 0.717) is 0 Å². The molecule has 0 aliphatic carbocycles. The van der Waals surface area contributed by atoms with Crippen LogP contribution in [0.15, 0.2) is 30.5 Å². The van der Waals surface area contributed by atoms with Crippen LogP contribution in [0.4, 0.5) is 0 Å². The molecule has 1 aromatic heterocycles. The number of aromatic amines is 1. The fraction of sp³-hybridized carbons (Fsp3) is 0.250. The Hall–Kier alpha value is -1.81. The summed E-state index contributed by atoms with van der Waals surface area (Å²) in [5.41, 5.74) is 7.19. The molecule has 1 heterocycles. The number of primary amides is 1. The van der Waals surface area contributed by atoms with Gasteiger partial charge in [-0.1, -0.05) is 18.2 Å². The third kappa shape index (κ3) is 1.92. The summed E-state index contributed by atoms with van der Waals surface area (Å²) in [6.45, 7) is 0. The smallest absolute Gasteiger partial charge is 0.220 e. The van der Waals surface area contributed by atoms with Crippen LogP contribution in [0.1, 0.15) is 18.1 Å². The number of nitrogens with one attached hydrogen (secondary N) is 1. The fourth-order valence-corrected chi connectivity index (χ4v) is 1.86. The van der Waals surface area contributed by atoms with E-state index in [2.05, 4.69) is 4.98 Å². The van der Waals surface area contributed by atoms with Crippen LogP contribution < -0.4 is 5.73 Å². The second-order valence-corrected chi connectivity index (χ2v) is 3.68. The molecule has 1 aromatic carbocycles. The van der Waals surface area contributed by atoms with Gasteiger partial charge in [-0.05, 0) is 6.07 Å². The van der Waals surface area contributed by atoms with Crippen LogP contribution >= 0.6 is 0 Å². The number of hydrogen-bond donors (Lipinski definition) is 2. The number of hydrogen-bond acceptors (Lipinski definition) is 2. The lowest BCUT2D eigenvalue weighted by molar-refractivity contribution is -0.120. The van der Waals surface area contributed by atoms with Crippen molar-refractivity contribution in [2.45, 2.75) is 12.5 Å². The van der Waals surface area contributed by atoms with E-state index in [1.807, 2.05) is 30.5 Å². The van der Waals surface area contributed by atoms with Crippen molar-refractivity contribution in [2.24, 2.45) is 5.73 Å². The van der Waals surface area contributed by atoms with Gasteiger partial charge in [0, 0.05) is 29.8 Å². The van der Waals surface area contributed by atoms with Gasteiger partial charge in [-0.25, -0.2) is 0 Å². The molecule has 3 N–H and O–H groups in total. The average Bonchev–Trinajstić information content (AvgIpc) is 2.69. The van der Waals surface area contributed by atoms with E-state index in [1.54, 1.807) is 7.11 Å². The summed E-state index contributed by atoms with van der Waals surface area (Å²) in [7, 11) is 1.58. The quantitative estimate of drug-likeness (QED) is 0.820. The Kier molecular flexibility index (Phi) is 2.92. The van der Waals surface area contributed by atoms with Crippen LogP contribution in [0.3, 0.4) is 0 Å². The lowest BCUT2D eigenvalue weighted by Gasteiger charge is -2.12. The second-order valence-electron chi connectivity index (χ2n) is 3.68. The minimum Gasteiger partial charge on any atom is -0.376 e. The molecule has 84 valence electrons. The molecular formula is C12H14N2O2. The van der Waals surface area contributed by atoms with E-state index in [0.717, 1.165) is 16.5 Å². The lowest BCUT2D eigenvalue weighted by atomic mass is 10.1. The van der Waals surface area contributed by atoms with Gasteiger partial charge in [0.1, 0.15) is 0 Å². The number of benzene rings is 1. The van der Waals surface area contributed by atoms with E-state index < -0.39 is 0 Å². The molecule has 1 unspecified atom stereocenters. The Morgan fingerprint density at radius 2 is 2.25 bits per heavy atom. The maximum atomic E-state index is 10.9. The molecule has 0 radical (unpaired) electrons. The highest BCUT2D eigenvalue weighted by molar-refractivity contribution is 5.84. The molecule has 4 heteroatoms. The summed E-state index contributed by atoms with van der Waals surface area (Å²) in [4.78, 5) is 14.1. The van der Waals surface area contributed by atoms with Gasteiger partial charge < -0.3 is 15.5 Å². The van der Waals surface area contributed by atoms with Crippen molar-refractivity contribution in [3.8, 4) is 0 Å². The molecule has 4 nitrogen and oxygen atoms in total. The first-order valence-electron chi connectivity index (χ1n) is 5.09. The van der Waals surface area contributed by atoms with Crippen molar-refractivity contribution in [3.63, 3.8) is 0 Å². The molecule has 0 aliphatic heterocycles. The van der Waals surface area contributed by atoms with E-state index in [4.69, 9.17) is 10.5 Å². The number of amides is 1. The summed E-state index contributed by atoms with van der Waals surface area (Å²) in [6.07, 6.45) is 1.77. The van der Waals surface area contributed by atoms with Gasteiger partial charge in [0.15, 0.2) is 0 Å². The first-order chi connectivity index (χ1) is 7.72. The van der Waals surface area contributed by atoms with Gasteiger partial charge in [-0.15, -0.1) is 0 Å². The van der Waals surface area contributed by atoms with E-state index in [-0.39, 0.29) is 18.4 Å². The predicted octanol–water partition coefficient (Wildman–Crippen LogP) is 1.73. The zero-order valence-corrected chi connectivity index (χ0v) is 9.07. The van der Waals surface area contributed by atoms with Gasteiger partial charge in [-0.3, -0.25) is 4.79 Å². The number of aromatic nitrogens is 1. The normalized spacial score (nSPS) is 12.8. The maximum Gasteiger partial charge on any atom is 0.220 e. The van der Waals surface area contributed by atoms with Crippen molar-refractivity contribution in [3.05, 3.63) is 36.0 Å². The van der Waals surface area contributed by atoms with Crippen LogP contribution in [0.25, 0.3) is 10.9 Å². The number of H-pyrrole nitrogens is 1. The summed E-state index contributed by atoms with van der Waals surface area (Å²) < 4.78 is 5.29. The fourth-order valence-electron chi connectivity index (χ4n) is 1.86. The van der Waals surface area contributed by atoms with E-state index >= 15 is 0 Å². The van der Waals surface area contributed by atoms with Gasteiger partial charge in [-0.2, -0.15) is 0 Å². The van der Waals surface area contributed by atoms with E-state index in [9.17, 15) is 4.79 Å². The molecule has 1 amide bonds. The van der Waals surface area contributed by atoms with Crippen LogP contribution in [0.5, 0.6) is 0 Å². The predicted molar refractivity (Wildman–Crippen MR) is 61.9 cm³/mol. The summed E-state index contributed by atoms with van der Waals surface area (Å²) in [6, 6.07) is 7.89. The summed E-state index contributed by atoms with van der Waals surface area (Å²) >= 11 is 0. The number of para-hydroxylation sites is 1. The van der Waals surface area contributed by atoms with Crippen molar-refractivity contribution < 1.29 is 9.53 Å². The maximum absolute atomic E-state index is 10.9. The molecule has 1 atom stereocenters. The number of methoxy groups -OCH3 is 1. The van der Waals surface area contributed by atoms with Gasteiger partial charge in [0.25, 0.3) is 0 Å². The number of nitrogens with two attached hydrogens (primary N) is 1. The molecule has 2 aromatic rings. The highest BCUT2D eigenvalue weighted by Crippen LogP contribution is 2.27. The SMILES string of the molecule is COC(CC(N)=O)c1c[nH]c2ccccc12. The van der Waals surface area contributed by atoms with Crippen molar-refractivity contribution in [1.29, 1.82) is 0 Å². The number of rotatable bonds is 4. The Morgan fingerprint density at radius 3 is 2.94 bits per heavy atom. The third-order valence-electron chi connectivity index (χ3n) is 2.64. The topological polar surface area (TPSA) is 68.1 Å². The largest absolute Gasteiger partial charge is 0.376 e. The Labute approximate surface area is 93.4 Å². The molecule has 0 aliphatic rings.